The van der Waals surface area contributed by atoms with E-state index in [2.05, 4.69) is 10.4 Å². The highest BCUT2D eigenvalue weighted by atomic mass is 19.3. The Balaban J connectivity index is 1.84. The molecule has 1 aromatic heterocycles. The number of alkyl halides is 2. The van der Waals surface area contributed by atoms with Crippen molar-refractivity contribution in [3.8, 4) is 0 Å². The molecule has 1 saturated carbocycles. The molecule has 0 radical (unpaired) electrons. The Kier molecular flexibility index (Phi) is 4.91. The number of hydrogen-bond donors (Lipinski definition) is 1. The van der Waals surface area contributed by atoms with Gasteiger partial charge < -0.3 is 5.32 Å². The number of aryl methyl sites for hydroxylation is 1. The molecule has 19 heavy (non-hydrogen) atoms. The summed E-state index contributed by atoms with van der Waals surface area (Å²) in [5, 5.41) is 7.13. The van der Waals surface area contributed by atoms with Gasteiger partial charge in [-0.25, -0.2) is 8.78 Å². The van der Waals surface area contributed by atoms with E-state index in [9.17, 15) is 8.78 Å². The third-order valence-electron chi connectivity index (χ3n) is 3.96. The molecule has 0 amide bonds. The molecule has 1 fully saturated rings. The molecule has 3 nitrogen and oxygen atoms in total. The maximum Gasteiger partial charge on any atom is 0.263 e. The summed E-state index contributed by atoms with van der Waals surface area (Å²) < 4.78 is 29.7. The molecule has 1 aliphatic carbocycles. The molecule has 0 bridgehead atoms. The Hall–Kier alpha value is -0.970. The van der Waals surface area contributed by atoms with Crippen LogP contribution < -0.4 is 5.32 Å². The first-order valence-corrected chi connectivity index (χ1v) is 7.18. The maximum absolute atomic E-state index is 14.0. The van der Waals surface area contributed by atoms with Crippen LogP contribution in [0.5, 0.6) is 0 Å². The molecule has 1 unspecified atom stereocenters. The maximum atomic E-state index is 14.0. The molecular weight excluding hydrogens is 248 g/mol. The Morgan fingerprint density at radius 2 is 2.16 bits per heavy atom. The predicted molar refractivity (Wildman–Crippen MR) is 71.4 cm³/mol. The number of aromatic nitrogens is 2. The molecule has 1 heterocycles. The number of rotatable bonds is 4. The molecule has 0 saturated heterocycles. The van der Waals surface area contributed by atoms with Crippen LogP contribution in [0.4, 0.5) is 8.78 Å². The summed E-state index contributed by atoms with van der Waals surface area (Å²) in [5.74, 6) is -2.56. The van der Waals surface area contributed by atoms with E-state index in [1.807, 2.05) is 13.1 Å². The first-order chi connectivity index (χ1) is 9.09. The van der Waals surface area contributed by atoms with E-state index in [-0.39, 0.29) is 6.42 Å². The average molecular weight is 271 g/mol. The SMILES string of the molecule is Cn1nccc1CCNC1CCCCCCC1(F)F. The van der Waals surface area contributed by atoms with Crippen molar-refractivity contribution in [1.29, 1.82) is 0 Å². The van der Waals surface area contributed by atoms with Crippen LogP contribution in [0.3, 0.4) is 0 Å². The third-order valence-corrected chi connectivity index (χ3v) is 3.96. The molecule has 0 aromatic carbocycles. The monoisotopic (exact) mass is 271 g/mol. The Morgan fingerprint density at radius 1 is 1.37 bits per heavy atom. The summed E-state index contributed by atoms with van der Waals surface area (Å²) in [5.41, 5.74) is 1.07. The molecule has 0 aliphatic heterocycles. The second-order valence-electron chi connectivity index (χ2n) is 5.42. The molecule has 5 heteroatoms. The van der Waals surface area contributed by atoms with Gasteiger partial charge in [-0.15, -0.1) is 0 Å². The van der Waals surface area contributed by atoms with Crippen LogP contribution in [0.25, 0.3) is 0 Å². The minimum absolute atomic E-state index is 0.0242. The zero-order valence-electron chi connectivity index (χ0n) is 11.5. The second-order valence-corrected chi connectivity index (χ2v) is 5.42. The highest BCUT2D eigenvalue weighted by Crippen LogP contribution is 2.31. The fourth-order valence-electron chi connectivity index (χ4n) is 2.72. The van der Waals surface area contributed by atoms with Crippen LogP contribution in [0.1, 0.15) is 44.2 Å². The number of halogens is 2. The van der Waals surface area contributed by atoms with Crippen LogP contribution in [-0.2, 0) is 13.5 Å². The molecule has 1 N–H and O–H groups in total. The van der Waals surface area contributed by atoms with Gasteiger partial charge >= 0.3 is 0 Å². The average Bonchev–Trinajstić information content (AvgIpc) is 2.75. The molecular formula is C14H23F2N3. The lowest BCUT2D eigenvalue weighted by atomic mass is 9.93. The Morgan fingerprint density at radius 3 is 2.89 bits per heavy atom. The first kappa shape index (κ1) is 14.4. The van der Waals surface area contributed by atoms with Crippen molar-refractivity contribution in [2.45, 2.75) is 56.9 Å². The van der Waals surface area contributed by atoms with Crippen molar-refractivity contribution in [3.63, 3.8) is 0 Å². The van der Waals surface area contributed by atoms with E-state index in [0.29, 0.717) is 19.4 Å². The van der Waals surface area contributed by atoms with Gasteiger partial charge in [0, 0.05) is 38.3 Å². The third kappa shape index (κ3) is 4.00. The minimum atomic E-state index is -2.56. The van der Waals surface area contributed by atoms with Gasteiger partial charge in [0.05, 0.1) is 6.04 Å². The van der Waals surface area contributed by atoms with E-state index in [1.165, 1.54) is 0 Å². The second kappa shape index (κ2) is 6.46. The van der Waals surface area contributed by atoms with Gasteiger partial charge in [-0.3, -0.25) is 4.68 Å². The van der Waals surface area contributed by atoms with Crippen molar-refractivity contribution >= 4 is 0 Å². The summed E-state index contributed by atoms with van der Waals surface area (Å²) in [6, 6.07) is 1.26. The zero-order valence-corrected chi connectivity index (χ0v) is 11.5. The van der Waals surface area contributed by atoms with E-state index in [1.54, 1.807) is 10.9 Å². The highest BCUT2D eigenvalue weighted by Gasteiger charge is 2.38. The van der Waals surface area contributed by atoms with E-state index in [4.69, 9.17) is 0 Å². The summed E-state index contributed by atoms with van der Waals surface area (Å²) >= 11 is 0. The van der Waals surface area contributed by atoms with Gasteiger partial charge in [-0.2, -0.15) is 5.10 Å². The van der Waals surface area contributed by atoms with Crippen molar-refractivity contribution in [2.75, 3.05) is 6.54 Å². The topological polar surface area (TPSA) is 29.9 Å². The number of hydrogen-bond acceptors (Lipinski definition) is 2. The molecule has 2 rings (SSSR count). The molecule has 108 valence electrons. The molecule has 1 aromatic rings. The Labute approximate surface area is 113 Å². The Bertz CT molecular complexity index is 390. The lowest BCUT2D eigenvalue weighted by molar-refractivity contribution is -0.0529. The van der Waals surface area contributed by atoms with Gasteiger partial charge in [-0.1, -0.05) is 19.3 Å². The van der Waals surface area contributed by atoms with Crippen molar-refractivity contribution in [1.82, 2.24) is 15.1 Å². The van der Waals surface area contributed by atoms with Crippen molar-refractivity contribution in [3.05, 3.63) is 18.0 Å². The fourth-order valence-corrected chi connectivity index (χ4v) is 2.72. The zero-order chi connectivity index (χ0) is 13.7. The number of nitrogens with zero attached hydrogens (tertiary/aromatic N) is 2. The highest BCUT2D eigenvalue weighted by molar-refractivity contribution is 5.00. The van der Waals surface area contributed by atoms with E-state index in [0.717, 1.165) is 31.4 Å². The van der Waals surface area contributed by atoms with Gasteiger partial charge in [0.2, 0.25) is 0 Å². The van der Waals surface area contributed by atoms with Gasteiger partial charge in [0.25, 0.3) is 5.92 Å². The van der Waals surface area contributed by atoms with E-state index < -0.39 is 12.0 Å². The smallest absolute Gasteiger partial charge is 0.263 e. The fraction of sp³-hybridized carbons (Fsp3) is 0.786. The normalized spacial score (nSPS) is 23.8. The summed E-state index contributed by atoms with van der Waals surface area (Å²) in [7, 11) is 1.87. The first-order valence-electron chi connectivity index (χ1n) is 7.18. The predicted octanol–water partition coefficient (Wildman–Crippen LogP) is 2.91. The molecule has 1 atom stereocenters. The van der Waals surface area contributed by atoms with Crippen LogP contribution in [0, 0.1) is 0 Å². The molecule has 0 spiro atoms. The molecule has 1 aliphatic rings. The largest absolute Gasteiger partial charge is 0.308 e. The van der Waals surface area contributed by atoms with Gasteiger partial charge in [0.1, 0.15) is 0 Å². The van der Waals surface area contributed by atoms with Crippen molar-refractivity contribution in [2.24, 2.45) is 7.05 Å². The minimum Gasteiger partial charge on any atom is -0.308 e. The summed E-state index contributed by atoms with van der Waals surface area (Å²) in [6.07, 6.45) is 6.65. The summed E-state index contributed by atoms with van der Waals surface area (Å²) in [4.78, 5) is 0. The standard InChI is InChI=1S/C14H23F2N3/c1-19-12(8-11-18-19)7-10-17-13-6-4-2-3-5-9-14(13,15)16/h8,11,13,17H,2-7,9-10H2,1H3. The van der Waals surface area contributed by atoms with Gasteiger partial charge in [-0.05, 0) is 18.9 Å². The lowest BCUT2D eigenvalue weighted by Gasteiger charge is -2.30. The summed E-state index contributed by atoms with van der Waals surface area (Å²) in [6.45, 7) is 0.583. The van der Waals surface area contributed by atoms with Crippen LogP contribution in [0.2, 0.25) is 0 Å². The lowest BCUT2D eigenvalue weighted by Crippen LogP contribution is -2.46. The van der Waals surface area contributed by atoms with Gasteiger partial charge in [0.15, 0.2) is 0 Å². The van der Waals surface area contributed by atoms with Crippen LogP contribution in [-0.4, -0.2) is 28.3 Å². The van der Waals surface area contributed by atoms with E-state index >= 15 is 0 Å². The van der Waals surface area contributed by atoms with Crippen molar-refractivity contribution < 1.29 is 8.78 Å². The van der Waals surface area contributed by atoms with Crippen LogP contribution in [0.15, 0.2) is 12.3 Å². The number of nitrogens with one attached hydrogen (secondary N) is 1. The van der Waals surface area contributed by atoms with Crippen LogP contribution >= 0.6 is 0 Å². The quantitative estimate of drug-likeness (QED) is 0.912.